The monoisotopic (exact) mass is 516 g/mol. The Morgan fingerprint density at radius 2 is 1.76 bits per heavy atom. The van der Waals surface area contributed by atoms with Crippen LogP contribution in [-0.4, -0.2) is 71.8 Å². The largest absolute Gasteiger partial charge is 0.461 e. The van der Waals surface area contributed by atoms with E-state index in [0.717, 1.165) is 29.3 Å². The van der Waals surface area contributed by atoms with Crippen molar-refractivity contribution >= 4 is 34.2 Å². The lowest BCUT2D eigenvalue weighted by Gasteiger charge is -2.35. The van der Waals surface area contributed by atoms with Crippen LogP contribution in [0.25, 0.3) is 10.8 Å². The number of aliphatic hydroxyl groups is 1. The Morgan fingerprint density at radius 3 is 2.61 bits per heavy atom. The van der Waals surface area contributed by atoms with E-state index in [-0.39, 0.29) is 25.0 Å². The number of anilines is 1. The van der Waals surface area contributed by atoms with Gasteiger partial charge in [-0.1, -0.05) is 61.4 Å². The molecule has 6 rings (SSSR count). The lowest BCUT2D eigenvalue weighted by atomic mass is 9.78. The topological polar surface area (TPSA) is 96.4 Å². The number of carbonyl (C=O) groups is 3. The molecule has 1 N–H and O–H groups in total. The van der Waals surface area contributed by atoms with Crippen molar-refractivity contribution in [3.05, 3.63) is 66.8 Å². The molecule has 4 aliphatic heterocycles. The molecular weight excluding hydrogens is 484 g/mol. The third-order valence-corrected chi connectivity index (χ3v) is 8.27. The van der Waals surface area contributed by atoms with Crippen LogP contribution in [0.2, 0.25) is 0 Å². The van der Waals surface area contributed by atoms with Gasteiger partial charge in [0, 0.05) is 25.4 Å². The Hall–Kier alpha value is -3.49. The fourth-order valence-electron chi connectivity index (χ4n) is 6.53. The highest BCUT2D eigenvalue weighted by Crippen LogP contribution is 2.53. The smallest absolute Gasteiger partial charge is 0.313 e. The summed E-state index contributed by atoms with van der Waals surface area (Å²) in [4.78, 5) is 44.8. The highest BCUT2D eigenvalue weighted by atomic mass is 16.6. The average molecular weight is 517 g/mol. The third kappa shape index (κ3) is 3.94. The van der Waals surface area contributed by atoms with Crippen LogP contribution in [0.3, 0.4) is 0 Å². The number of cyclic esters (lactones) is 1. The summed E-state index contributed by atoms with van der Waals surface area (Å²) >= 11 is 0. The zero-order valence-electron chi connectivity index (χ0n) is 21.2. The molecular formula is C30H32N2O6. The zero-order chi connectivity index (χ0) is 26.3. The minimum atomic E-state index is -1.25. The van der Waals surface area contributed by atoms with Crippen LogP contribution < -0.4 is 4.90 Å². The van der Waals surface area contributed by atoms with E-state index >= 15 is 0 Å². The number of amides is 2. The van der Waals surface area contributed by atoms with Crippen LogP contribution in [0.1, 0.15) is 25.7 Å². The Bertz CT molecular complexity index is 1320. The number of esters is 1. The van der Waals surface area contributed by atoms with Crippen molar-refractivity contribution in [3.63, 3.8) is 0 Å². The van der Waals surface area contributed by atoms with Gasteiger partial charge >= 0.3 is 5.97 Å². The van der Waals surface area contributed by atoms with Crippen LogP contribution in [-0.2, 0) is 23.9 Å². The van der Waals surface area contributed by atoms with Gasteiger partial charge in [0.05, 0.1) is 12.0 Å². The van der Waals surface area contributed by atoms with Gasteiger partial charge in [0.15, 0.2) is 0 Å². The van der Waals surface area contributed by atoms with Crippen molar-refractivity contribution in [2.75, 3.05) is 31.2 Å². The number of ether oxygens (including phenoxy) is 2. The molecule has 2 amide bonds. The van der Waals surface area contributed by atoms with E-state index in [2.05, 4.69) is 0 Å². The number of nitrogens with zero attached hydrogens (tertiary/aromatic N) is 2. The van der Waals surface area contributed by atoms with Crippen LogP contribution in [0.4, 0.5) is 5.69 Å². The molecule has 0 bridgehead atoms. The van der Waals surface area contributed by atoms with Crippen LogP contribution >= 0.6 is 0 Å². The predicted octanol–water partition coefficient (Wildman–Crippen LogP) is 2.99. The number of fused-ring (bicyclic) bond motifs is 3. The SMILES string of the molecule is O=C1OCC=C[C@H]2O[C@]34C=CCN(c5ccc6ccccc6c5)C(=O)C3N(CCCCCCO)C(=O)[C@@H]4[C@@H]12. The first kappa shape index (κ1) is 24.8. The number of carbonyl (C=O) groups excluding carboxylic acids is 3. The van der Waals surface area contributed by atoms with Gasteiger partial charge in [-0.3, -0.25) is 14.4 Å². The molecule has 0 radical (unpaired) electrons. The van der Waals surface area contributed by atoms with E-state index in [1.807, 2.05) is 54.6 Å². The molecule has 4 heterocycles. The number of hydrogen-bond donors (Lipinski definition) is 1. The predicted molar refractivity (Wildman–Crippen MR) is 141 cm³/mol. The van der Waals surface area contributed by atoms with Crippen LogP contribution in [0.15, 0.2) is 66.8 Å². The number of unbranched alkanes of at least 4 members (excludes halogenated alkanes) is 3. The summed E-state index contributed by atoms with van der Waals surface area (Å²) in [7, 11) is 0. The molecule has 2 aromatic rings. The quantitative estimate of drug-likeness (QED) is 0.345. The standard InChI is InChI=1S/C30H32N2O6/c33-17-6-2-1-5-15-32-26-28(35)31(22-13-12-20-9-3-4-10-21(20)19-22)16-8-14-30(26)25(27(32)34)24-23(38-30)11-7-18-37-29(24)36/h3-4,7-14,19,23-26,33H,1-2,5-6,15-18H2/t23-,24+,25+,26?,30+/m1/s1. The van der Waals surface area contributed by atoms with Crippen molar-refractivity contribution in [1.29, 1.82) is 0 Å². The molecule has 38 heavy (non-hydrogen) atoms. The lowest BCUT2D eigenvalue weighted by molar-refractivity contribution is -0.152. The maximum absolute atomic E-state index is 14.4. The summed E-state index contributed by atoms with van der Waals surface area (Å²) in [6, 6.07) is 13.0. The lowest BCUT2D eigenvalue weighted by Crippen LogP contribution is -2.55. The zero-order valence-corrected chi connectivity index (χ0v) is 21.2. The van der Waals surface area contributed by atoms with Crippen molar-refractivity contribution in [3.8, 4) is 0 Å². The molecule has 8 nitrogen and oxygen atoms in total. The summed E-state index contributed by atoms with van der Waals surface area (Å²) in [5.41, 5.74) is -0.498. The molecule has 4 aliphatic rings. The van der Waals surface area contributed by atoms with E-state index < -0.39 is 35.6 Å². The highest BCUT2D eigenvalue weighted by Gasteiger charge is 2.71. The van der Waals surface area contributed by atoms with Crippen molar-refractivity contribution < 1.29 is 29.0 Å². The van der Waals surface area contributed by atoms with Gasteiger partial charge in [0.2, 0.25) is 5.91 Å². The van der Waals surface area contributed by atoms with Gasteiger partial charge in [0.1, 0.15) is 24.2 Å². The van der Waals surface area contributed by atoms with Gasteiger partial charge in [0.25, 0.3) is 5.91 Å². The second kappa shape index (κ2) is 10.0. The molecule has 5 atom stereocenters. The summed E-state index contributed by atoms with van der Waals surface area (Å²) < 4.78 is 11.9. The molecule has 0 aromatic heterocycles. The number of likely N-dealkylation sites (tertiary alicyclic amines) is 1. The summed E-state index contributed by atoms with van der Waals surface area (Å²) in [5.74, 6) is -2.55. The third-order valence-electron chi connectivity index (χ3n) is 8.27. The summed E-state index contributed by atoms with van der Waals surface area (Å²) in [6.45, 7) is 0.988. The summed E-state index contributed by atoms with van der Waals surface area (Å²) in [6.07, 6.45) is 9.69. The average Bonchev–Trinajstić information content (AvgIpc) is 3.22. The second-order valence-electron chi connectivity index (χ2n) is 10.5. The second-order valence-corrected chi connectivity index (χ2v) is 10.5. The fourth-order valence-corrected chi connectivity index (χ4v) is 6.53. The fraction of sp³-hybridized carbons (Fsp3) is 0.433. The van der Waals surface area contributed by atoms with Gasteiger partial charge in [-0.05, 0) is 41.8 Å². The minimum Gasteiger partial charge on any atom is -0.461 e. The number of aliphatic hydroxyl groups excluding tert-OH is 1. The van der Waals surface area contributed by atoms with Crippen LogP contribution in [0, 0.1) is 11.8 Å². The molecule has 1 unspecified atom stereocenters. The van der Waals surface area contributed by atoms with Gasteiger partial charge < -0.3 is 24.4 Å². The van der Waals surface area contributed by atoms with Crippen LogP contribution in [0.5, 0.6) is 0 Å². The van der Waals surface area contributed by atoms with E-state index in [1.54, 1.807) is 22.0 Å². The molecule has 0 saturated carbocycles. The number of rotatable bonds is 7. The Kier molecular flexibility index (Phi) is 6.53. The van der Waals surface area contributed by atoms with Gasteiger partial charge in [-0.2, -0.15) is 0 Å². The minimum absolute atomic E-state index is 0.132. The van der Waals surface area contributed by atoms with Gasteiger partial charge in [-0.25, -0.2) is 0 Å². The van der Waals surface area contributed by atoms with Gasteiger partial charge in [-0.15, -0.1) is 0 Å². The molecule has 0 aliphatic carbocycles. The maximum Gasteiger partial charge on any atom is 0.313 e. The van der Waals surface area contributed by atoms with E-state index in [4.69, 9.17) is 14.6 Å². The molecule has 2 fully saturated rings. The Morgan fingerprint density at radius 1 is 0.947 bits per heavy atom. The Labute approximate surface area is 221 Å². The van der Waals surface area contributed by atoms with Crippen molar-refractivity contribution in [2.24, 2.45) is 11.8 Å². The first-order chi connectivity index (χ1) is 18.5. The maximum atomic E-state index is 14.4. The number of benzene rings is 2. The van der Waals surface area contributed by atoms with E-state index in [0.29, 0.717) is 25.9 Å². The normalized spacial score (nSPS) is 30.2. The molecule has 1 spiro atoms. The Balaban J connectivity index is 1.39. The van der Waals surface area contributed by atoms with Crippen molar-refractivity contribution in [2.45, 2.75) is 43.4 Å². The summed E-state index contributed by atoms with van der Waals surface area (Å²) in [5, 5.41) is 11.2. The first-order valence-corrected chi connectivity index (χ1v) is 13.5. The van der Waals surface area contributed by atoms with E-state index in [1.165, 1.54) is 0 Å². The highest BCUT2D eigenvalue weighted by molar-refractivity contribution is 6.06. The van der Waals surface area contributed by atoms with Crippen molar-refractivity contribution in [1.82, 2.24) is 4.90 Å². The molecule has 2 saturated heterocycles. The molecule has 8 heteroatoms. The molecule has 198 valence electrons. The number of hydrogen-bond acceptors (Lipinski definition) is 6. The molecule has 2 aromatic carbocycles. The first-order valence-electron chi connectivity index (χ1n) is 13.5. The van der Waals surface area contributed by atoms with E-state index in [9.17, 15) is 14.4 Å².